The third kappa shape index (κ3) is 7.34. The minimum absolute atomic E-state index is 0.419. The number of hydrogen-bond acceptors (Lipinski definition) is 2. The van der Waals surface area contributed by atoms with Crippen LogP contribution >= 0.6 is 0 Å². The molecule has 0 radical (unpaired) electrons. The van der Waals surface area contributed by atoms with E-state index in [0.29, 0.717) is 6.04 Å². The van der Waals surface area contributed by atoms with E-state index in [2.05, 4.69) is 25.7 Å². The van der Waals surface area contributed by atoms with Crippen LogP contribution in [0.1, 0.15) is 52.9 Å². The maximum atomic E-state index is 6.05. The third-order valence-electron chi connectivity index (χ3n) is 2.89. The van der Waals surface area contributed by atoms with Gasteiger partial charge in [-0.25, -0.2) is 0 Å². The average molecular weight is 200 g/mol. The van der Waals surface area contributed by atoms with E-state index in [0.717, 1.165) is 19.5 Å². The Balaban J connectivity index is 3.37. The lowest BCUT2D eigenvalue weighted by atomic mass is 10.1. The van der Waals surface area contributed by atoms with Crippen molar-refractivity contribution in [2.24, 2.45) is 5.73 Å². The first-order valence-corrected chi connectivity index (χ1v) is 6.22. The van der Waals surface area contributed by atoms with E-state index in [1.54, 1.807) is 0 Å². The van der Waals surface area contributed by atoms with Crippen LogP contribution < -0.4 is 5.73 Å². The predicted molar refractivity (Wildman–Crippen MR) is 64.5 cm³/mol. The van der Waals surface area contributed by atoms with Gasteiger partial charge in [0.25, 0.3) is 0 Å². The highest BCUT2D eigenvalue weighted by Crippen LogP contribution is 2.05. The van der Waals surface area contributed by atoms with E-state index in [1.165, 1.54) is 32.2 Å². The lowest BCUT2D eigenvalue weighted by molar-refractivity contribution is 0.287. The Morgan fingerprint density at radius 3 is 2.14 bits per heavy atom. The molecule has 0 saturated carbocycles. The summed E-state index contributed by atoms with van der Waals surface area (Å²) in [4.78, 5) is 2.44. The number of unbranched alkanes of at least 4 members (excludes halogenated alkanes) is 2. The molecule has 0 spiro atoms. The van der Waals surface area contributed by atoms with Gasteiger partial charge in [-0.1, -0.05) is 40.0 Å². The Bertz CT molecular complexity index is 111. The number of rotatable bonds is 9. The Labute approximate surface area is 89.9 Å². The first kappa shape index (κ1) is 13.9. The van der Waals surface area contributed by atoms with Gasteiger partial charge < -0.3 is 10.6 Å². The zero-order valence-electron chi connectivity index (χ0n) is 10.3. The molecule has 0 saturated heterocycles. The van der Waals surface area contributed by atoms with Gasteiger partial charge in [-0.15, -0.1) is 0 Å². The molecule has 0 fully saturated rings. The quantitative estimate of drug-likeness (QED) is 0.580. The van der Waals surface area contributed by atoms with Crippen molar-refractivity contribution in [1.82, 2.24) is 4.90 Å². The number of nitrogens with two attached hydrogens (primary N) is 1. The molecule has 0 aliphatic rings. The molecule has 86 valence electrons. The second kappa shape index (κ2) is 9.47. The molecule has 0 rings (SSSR count). The van der Waals surface area contributed by atoms with Crippen molar-refractivity contribution in [3.8, 4) is 0 Å². The maximum absolute atomic E-state index is 6.05. The summed E-state index contributed by atoms with van der Waals surface area (Å²) in [6.45, 7) is 10.1. The van der Waals surface area contributed by atoms with E-state index in [9.17, 15) is 0 Å². The molecule has 0 aliphatic carbocycles. The third-order valence-corrected chi connectivity index (χ3v) is 2.89. The molecule has 2 N–H and O–H groups in total. The highest BCUT2D eigenvalue weighted by Gasteiger charge is 2.04. The Kier molecular flexibility index (Phi) is 9.42. The molecule has 1 unspecified atom stereocenters. The van der Waals surface area contributed by atoms with E-state index in [1.807, 2.05) is 0 Å². The summed E-state index contributed by atoms with van der Waals surface area (Å²) < 4.78 is 0. The molecule has 2 nitrogen and oxygen atoms in total. The predicted octanol–water partition coefficient (Wildman–Crippen LogP) is 2.63. The van der Waals surface area contributed by atoms with Gasteiger partial charge in [0.05, 0.1) is 0 Å². The topological polar surface area (TPSA) is 29.3 Å². The molecule has 0 bridgehead atoms. The van der Waals surface area contributed by atoms with Gasteiger partial charge in [0.1, 0.15) is 0 Å². The van der Waals surface area contributed by atoms with Crippen molar-refractivity contribution in [1.29, 1.82) is 0 Å². The van der Waals surface area contributed by atoms with Crippen molar-refractivity contribution in [2.75, 3.05) is 19.6 Å². The summed E-state index contributed by atoms with van der Waals surface area (Å²) in [5.74, 6) is 0. The Morgan fingerprint density at radius 1 is 1.00 bits per heavy atom. The summed E-state index contributed by atoms with van der Waals surface area (Å²) in [5.41, 5.74) is 6.05. The van der Waals surface area contributed by atoms with Crippen LogP contribution in [0.2, 0.25) is 0 Å². The van der Waals surface area contributed by atoms with Gasteiger partial charge in [-0.05, 0) is 32.5 Å². The van der Waals surface area contributed by atoms with Gasteiger partial charge in [-0.2, -0.15) is 0 Å². The maximum Gasteiger partial charge on any atom is 0.00510 e. The van der Waals surface area contributed by atoms with Crippen LogP contribution in [-0.2, 0) is 0 Å². The van der Waals surface area contributed by atoms with Gasteiger partial charge in [0, 0.05) is 6.04 Å². The zero-order chi connectivity index (χ0) is 10.8. The molecular formula is C12H28N2. The largest absolute Gasteiger partial charge is 0.328 e. The molecule has 0 amide bonds. The number of nitrogens with zero attached hydrogens (tertiary/aromatic N) is 1. The molecule has 0 aromatic rings. The van der Waals surface area contributed by atoms with Crippen molar-refractivity contribution in [3.63, 3.8) is 0 Å². The summed E-state index contributed by atoms with van der Waals surface area (Å²) in [6, 6.07) is 0.419. The Morgan fingerprint density at radius 2 is 1.64 bits per heavy atom. The monoisotopic (exact) mass is 200 g/mol. The fourth-order valence-corrected chi connectivity index (χ4v) is 1.69. The van der Waals surface area contributed by atoms with Gasteiger partial charge in [0.2, 0.25) is 0 Å². The first-order chi connectivity index (χ1) is 6.74. The van der Waals surface area contributed by atoms with E-state index < -0.39 is 0 Å². The molecule has 14 heavy (non-hydrogen) atoms. The fraction of sp³-hybridized carbons (Fsp3) is 1.00. The minimum atomic E-state index is 0.419. The standard InChI is InChI=1S/C12H28N2/c1-4-7-8-9-12(13)10-11-14(5-2)6-3/h12H,4-11,13H2,1-3H3. The summed E-state index contributed by atoms with van der Waals surface area (Å²) >= 11 is 0. The molecule has 0 aromatic carbocycles. The molecule has 0 aromatic heterocycles. The van der Waals surface area contributed by atoms with Gasteiger partial charge >= 0.3 is 0 Å². The molecule has 0 heterocycles. The van der Waals surface area contributed by atoms with Crippen LogP contribution in [0.15, 0.2) is 0 Å². The van der Waals surface area contributed by atoms with E-state index in [-0.39, 0.29) is 0 Å². The fourth-order valence-electron chi connectivity index (χ4n) is 1.69. The summed E-state index contributed by atoms with van der Waals surface area (Å²) in [7, 11) is 0. The van der Waals surface area contributed by atoms with Crippen LogP contribution in [-0.4, -0.2) is 30.6 Å². The first-order valence-electron chi connectivity index (χ1n) is 6.22. The summed E-state index contributed by atoms with van der Waals surface area (Å²) in [5, 5.41) is 0. The van der Waals surface area contributed by atoms with Gasteiger partial charge in [-0.3, -0.25) is 0 Å². The van der Waals surface area contributed by atoms with Crippen LogP contribution in [0.25, 0.3) is 0 Å². The second-order valence-corrected chi connectivity index (χ2v) is 4.07. The van der Waals surface area contributed by atoms with Crippen LogP contribution in [0, 0.1) is 0 Å². The van der Waals surface area contributed by atoms with Crippen LogP contribution in [0.4, 0.5) is 0 Å². The van der Waals surface area contributed by atoms with E-state index >= 15 is 0 Å². The molecule has 2 heteroatoms. The van der Waals surface area contributed by atoms with Crippen molar-refractivity contribution < 1.29 is 0 Å². The smallest absolute Gasteiger partial charge is 0.00510 e. The average Bonchev–Trinajstić information content (AvgIpc) is 2.20. The van der Waals surface area contributed by atoms with Gasteiger partial charge in [0.15, 0.2) is 0 Å². The second-order valence-electron chi connectivity index (χ2n) is 4.07. The summed E-state index contributed by atoms with van der Waals surface area (Å²) in [6.07, 6.45) is 6.29. The normalized spacial score (nSPS) is 13.5. The van der Waals surface area contributed by atoms with Crippen LogP contribution in [0.5, 0.6) is 0 Å². The zero-order valence-corrected chi connectivity index (χ0v) is 10.3. The molecular weight excluding hydrogens is 172 g/mol. The van der Waals surface area contributed by atoms with Crippen LogP contribution in [0.3, 0.4) is 0 Å². The Hall–Kier alpha value is -0.0800. The van der Waals surface area contributed by atoms with Crippen molar-refractivity contribution >= 4 is 0 Å². The van der Waals surface area contributed by atoms with Crippen molar-refractivity contribution in [2.45, 2.75) is 58.9 Å². The van der Waals surface area contributed by atoms with Crippen molar-refractivity contribution in [3.05, 3.63) is 0 Å². The lowest BCUT2D eigenvalue weighted by Crippen LogP contribution is -2.30. The molecule has 1 atom stereocenters. The molecule has 0 aliphatic heterocycles. The highest BCUT2D eigenvalue weighted by molar-refractivity contribution is 4.64. The van der Waals surface area contributed by atoms with E-state index in [4.69, 9.17) is 5.73 Å². The SMILES string of the molecule is CCCCCC(N)CCN(CC)CC. The highest BCUT2D eigenvalue weighted by atomic mass is 15.1. The minimum Gasteiger partial charge on any atom is -0.328 e. The lowest BCUT2D eigenvalue weighted by Gasteiger charge is -2.20. The number of hydrogen-bond donors (Lipinski definition) is 1.